The van der Waals surface area contributed by atoms with Crippen LogP contribution in [0.15, 0.2) is 47.6 Å². The molecule has 0 bridgehead atoms. The summed E-state index contributed by atoms with van der Waals surface area (Å²) in [5, 5.41) is 16.5. The number of carbonyl (C=O) groups excluding carboxylic acids is 2. The zero-order valence-corrected chi connectivity index (χ0v) is 16.5. The number of hydrogen-bond acceptors (Lipinski definition) is 5. The third kappa shape index (κ3) is 5.47. The average Bonchev–Trinajstić information content (AvgIpc) is 2.67. The van der Waals surface area contributed by atoms with E-state index in [2.05, 4.69) is 15.8 Å². The summed E-state index contributed by atoms with van der Waals surface area (Å²) >= 11 is 6.04. The van der Waals surface area contributed by atoms with Gasteiger partial charge in [0.1, 0.15) is 6.04 Å². The van der Waals surface area contributed by atoms with Gasteiger partial charge in [0.05, 0.1) is 23.9 Å². The van der Waals surface area contributed by atoms with E-state index in [1.165, 1.54) is 19.4 Å². The number of phenolic OH excluding ortho intramolecular Hbond substituents is 1. The topological polar surface area (TPSA) is 100 Å². The van der Waals surface area contributed by atoms with Crippen LogP contribution in [-0.4, -0.2) is 36.3 Å². The van der Waals surface area contributed by atoms with Crippen LogP contribution in [0.1, 0.15) is 29.8 Å². The minimum absolute atomic E-state index is 0.00541. The Morgan fingerprint density at radius 2 is 1.93 bits per heavy atom. The van der Waals surface area contributed by atoms with Crippen LogP contribution in [0, 0.1) is 5.92 Å². The number of ether oxygens (including phenoxy) is 1. The second kappa shape index (κ2) is 9.75. The number of hydrazone groups is 1. The molecule has 0 saturated carbocycles. The van der Waals surface area contributed by atoms with E-state index in [0.29, 0.717) is 21.9 Å². The molecule has 2 amide bonds. The summed E-state index contributed by atoms with van der Waals surface area (Å²) in [5.74, 6) is -0.771. The number of hydrogen-bond donors (Lipinski definition) is 3. The van der Waals surface area contributed by atoms with E-state index in [4.69, 9.17) is 16.3 Å². The molecule has 2 aromatic rings. The van der Waals surface area contributed by atoms with Crippen molar-refractivity contribution in [1.29, 1.82) is 0 Å². The van der Waals surface area contributed by atoms with E-state index in [9.17, 15) is 14.7 Å². The summed E-state index contributed by atoms with van der Waals surface area (Å²) in [4.78, 5) is 24.9. The number of methoxy groups -OCH3 is 1. The van der Waals surface area contributed by atoms with Crippen molar-refractivity contribution >= 4 is 29.6 Å². The Morgan fingerprint density at radius 1 is 1.21 bits per heavy atom. The van der Waals surface area contributed by atoms with Gasteiger partial charge in [-0.05, 0) is 41.8 Å². The highest BCUT2D eigenvalue weighted by Gasteiger charge is 2.25. The second-order valence-electron chi connectivity index (χ2n) is 6.34. The number of nitrogens with one attached hydrogen (secondary N) is 2. The van der Waals surface area contributed by atoms with Crippen molar-refractivity contribution in [2.45, 2.75) is 19.9 Å². The lowest BCUT2D eigenvalue weighted by Crippen LogP contribution is -2.48. The van der Waals surface area contributed by atoms with Gasteiger partial charge in [0.2, 0.25) is 0 Å². The number of carbonyl (C=O) groups is 2. The number of nitrogens with zero attached hydrogens (tertiary/aromatic N) is 1. The summed E-state index contributed by atoms with van der Waals surface area (Å²) in [6.45, 7) is 3.62. The lowest BCUT2D eigenvalue weighted by atomic mass is 10.0. The molecular formula is C20H22ClN3O4. The highest BCUT2D eigenvalue weighted by atomic mass is 35.5. The lowest BCUT2D eigenvalue weighted by molar-refractivity contribution is -0.123. The Kier molecular flexibility index (Phi) is 7.40. The number of amides is 2. The maximum Gasteiger partial charge on any atom is 0.262 e. The van der Waals surface area contributed by atoms with Crippen molar-refractivity contribution in [3.05, 3.63) is 58.6 Å². The fourth-order valence-corrected chi connectivity index (χ4v) is 2.64. The zero-order chi connectivity index (χ0) is 20.7. The van der Waals surface area contributed by atoms with E-state index in [1.807, 2.05) is 13.8 Å². The van der Waals surface area contributed by atoms with Crippen molar-refractivity contribution in [2.24, 2.45) is 11.0 Å². The van der Waals surface area contributed by atoms with Gasteiger partial charge in [0.25, 0.3) is 11.8 Å². The maximum absolute atomic E-state index is 12.5. The van der Waals surface area contributed by atoms with Crippen LogP contribution in [0.4, 0.5) is 0 Å². The average molecular weight is 404 g/mol. The molecule has 0 saturated heterocycles. The van der Waals surface area contributed by atoms with Gasteiger partial charge in [-0.2, -0.15) is 5.10 Å². The van der Waals surface area contributed by atoms with Gasteiger partial charge >= 0.3 is 0 Å². The largest absolute Gasteiger partial charge is 0.504 e. The SMILES string of the molecule is COc1cc(/C=N/NC(=O)C(NC(=O)c2ccccc2Cl)C(C)C)ccc1O. The van der Waals surface area contributed by atoms with E-state index in [0.717, 1.165) is 0 Å². The molecule has 28 heavy (non-hydrogen) atoms. The molecular weight excluding hydrogens is 382 g/mol. The smallest absolute Gasteiger partial charge is 0.262 e. The van der Waals surface area contributed by atoms with Gasteiger partial charge in [-0.1, -0.05) is 37.6 Å². The standard InChI is InChI=1S/C20H22ClN3O4/c1-12(2)18(23-19(26)14-6-4-5-7-15(14)21)20(27)24-22-11-13-8-9-16(25)17(10-13)28-3/h4-12,18,25H,1-3H3,(H,23,26)(H,24,27)/b22-11+. The molecule has 0 radical (unpaired) electrons. The fraction of sp³-hybridized carbons (Fsp3) is 0.250. The molecule has 0 heterocycles. The van der Waals surface area contributed by atoms with Crippen molar-refractivity contribution in [3.63, 3.8) is 0 Å². The van der Waals surface area contributed by atoms with Crippen LogP contribution >= 0.6 is 11.6 Å². The van der Waals surface area contributed by atoms with E-state index < -0.39 is 17.9 Å². The number of rotatable bonds is 7. The Bertz CT molecular complexity index is 884. The molecule has 0 aromatic heterocycles. The number of aromatic hydroxyl groups is 1. The predicted molar refractivity (Wildman–Crippen MR) is 108 cm³/mol. The summed E-state index contributed by atoms with van der Waals surface area (Å²) in [7, 11) is 1.44. The molecule has 8 heteroatoms. The van der Waals surface area contributed by atoms with Crippen molar-refractivity contribution in [3.8, 4) is 11.5 Å². The molecule has 0 spiro atoms. The van der Waals surface area contributed by atoms with Gasteiger partial charge in [-0.25, -0.2) is 5.43 Å². The summed E-state index contributed by atoms with van der Waals surface area (Å²) in [6.07, 6.45) is 1.41. The first-order valence-corrected chi connectivity index (χ1v) is 8.96. The molecule has 3 N–H and O–H groups in total. The third-order valence-corrected chi connectivity index (χ3v) is 4.28. The normalized spacial score (nSPS) is 12.0. The minimum Gasteiger partial charge on any atom is -0.504 e. The molecule has 2 aromatic carbocycles. The van der Waals surface area contributed by atoms with E-state index >= 15 is 0 Å². The number of phenols is 1. The number of benzene rings is 2. The van der Waals surface area contributed by atoms with E-state index in [-0.39, 0.29) is 11.7 Å². The molecule has 1 unspecified atom stereocenters. The fourth-order valence-electron chi connectivity index (χ4n) is 2.41. The highest BCUT2D eigenvalue weighted by Crippen LogP contribution is 2.25. The van der Waals surface area contributed by atoms with Gasteiger partial charge in [0, 0.05) is 0 Å². The first-order valence-electron chi connectivity index (χ1n) is 8.58. The second-order valence-corrected chi connectivity index (χ2v) is 6.75. The van der Waals surface area contributed by atoms with Crippen LogP contribution in [0.2, 0.25) is 5.02 Å². The first kappa shape index (κ1) is 21.2. The van der Waals surface area contributed by atoms with Crippen molar-refractivity contribution in [1.82, 2.24) is 10.7 Å². The summed E-state index contributed by atoms with van der Waals surface area (Å²) < 4.78 is 5.02. The van der Waals surface area contributed by atoms with Gasteiger partial charge < -0.3 is 15.2 Å². The highest BCUT2D eigenvalue weighted by molar-refractivity contribution is 6.33. The Balaban J connectivity index is 2.05. The maximum atomic E-state index is 12.5. The molecule has 1 atom stereocenters. The van der Waals surface area contributed by atoms with Crippen molar-refractivity contribution < 1.29 is 19.4 Å². The van der Waals surface area contributed by atoms with E-state index in [1.54, 1.807) is 36.4 Å². The van der Waals surface area contributed by atoms with Crippen molar-refractivity contribution in [2.75, 3.05) is 7.11 Å². The van der Waals surface area contributed by atoms with Crippen LogP contribution in [-0.2, 0) is 4.79 Å². The quantitative estimate of drug-likeness (QED) is 0.488. The molecule has 2 rings (SSSR count). The molecule has 0 aliphatic heterocycles. The predicted octanol–water partition coefficient (Wildman–Crippen LogP) is 2.96. The Morgan fingerprint density at radius 3 is 2.57 bits per heavy atom. The van der Waals surface area contributed by atoms with Gasteiger partial charge in [-0.3, -0.25) is 9.59 Å². The van der Waals surface area contributed by atoms with Crippen LogP contribution in [0.25, 0.3) is 0 Å². The lowest BCUT2D eigenvalue weighted by Gasteiger charge is -2.20. The molecule has 0 aliphatic carbocycles. The first-order chi connectivity index (χ1) is 13.3. The monoisotopic (exact) mass is 403 g/mol. The minimum atomic E-state index is -0.796. The van der Waals surface area contributed by atoms with Crippen LogP contribution in [0.5, 0.6) is 11.5 Å². The molecule has 0 aliphatic rings. The molecule has 7 nitrogen and oxygen atoms in total. The summed E-state index contributed by atoms with van der Waals surface area (Å²) in [6, 6.07) is 10.5. The van der Waals surface area contributed by atoms with Crippen LogP contribution in [0.3, 0.4) is 0 Å². The Labute approximate surface area is 168 Å². The van der Waals surface area contributed by atoms with Gasteiger partial charge in [-0.15, -0.1) is 0 Å². The molecule has 0 fully saturated rings. The summed E-state index contributed by atoms with van der Waals surface area (Å²) in [5.41, 5.74) is 3.33. The number of halogens is 1. The van der Waals surface area contributed by atoms with Gasteiger partial charge in [0.15, 0.2) is 11.5 Å². The third-order valence-electron chi connectivity index (χ3n) is 3.95. The Hall–Kier alpha value is -3.06. The zero-order valence-electron chi connectivity index (χ0n) is 15.8. The van der Waals surface area contributed by atoms with Crippen LogP contribution < -0.4 is 15.5 Å². The molecule has 148 valence electrons.